The number of amides is 10. The number of hydrogen-bond donors (Lipinski definition) is 13. The minimum atomic E-state index is -1.80. The zero-order chi connectivity index (χ0) is 53.9. The Bertz CT molecular complexity index is 2130. The molecule has 1 aromatic carbocycles. The Labute approximate surface area is 425 Å². The lowest BCUT2D eigenvalue weighted by Gasteiger charge is -2.33. The van der Waals surface area contributed by atoms with E-state index in [1.165, 1.54) is 29.2 Å². The maximum atomic E-state index is 14.7. The van der Waals surface area contributed by atoms with Crippen molar-refractivity contribution < 1.29 is 63.0 Å². The molecule has 17 N–H and O–H groups in total. The molecule has 0 aromatic heterocycles. The topological polar surface area (TPSA) is 420 Å². The molecule has 0 radical (unpaired) electrons. The van der Waals surface area contributed by atoms with Gasteiger partial charge >= 0.3 is 5.97 Å². The predicted octanol–water partition coefficient (Wildman–Crippen LogP) is -3.15. The van der Waals surface area contributed by atoms with Crippen LogP contribution in [0.3, 0.4) is 0 Å². The molecule has 0 aliphatic carbocycles. The van der Waals surface area contributed by atoms with Crippen LogP contribution in [0.1, 0.15) is 91.0 Å². The molecular weight excluding hydrogens is 981 g/mol. The van der Waals surface area contributed by atoms with E-state index in [9.17, 15) is 63.0 Å². The molecule has 0 bridgehead atoms. The minimum absolute atomic E-state index is 0.0201. The van der Waals surface area contributed by atoms with E-state index in [0.29, 0.717) is 37.8 Å². The number of nitrogens with one attached hydrogen (secondary N) is 7. The first kappa shape index (κ1) is 60.1. The highest BCUT2D eigenvalue weighted by Crippen LogP contribution is 2.38. The number of aromatic hydroxyl groups is 1. The number of likely N-dealkylation sites (tertiary alicyclic amines) is 1. The van der Waals surface area contributed by atoms with Crippen LogP contribution in [0.25, 0.3) is 0 Å². The Morgan fingerprint density at radius 2 is 1.49 bits per heavy atom. The summed E-state index contributed by atoms with van der Waals surface area (Å²) in [6, 6.07) is -5.55. The van der Waals surface area contributed by atoms with E-state index in [4.69, 9.17) is 22.9 Å². The number of carbonyl (C=O) groups is 11. The standard InChI is InChI=1S/C45H70N12O13S2/c1-5-23(2)35-42(68)52-27(15-16-34(61)62)38(64)53-29(20-32(47)59)39(65)55-30(44(70)57-18-8-10-31(57)41(67)51-26(9-6-7-17-46)37(63)50-21-33(48)60)22-71-72-45(3,4)36(49)43(69)54-28(40(66)56-35)19-24-11-13-25(58)14-12-24/h11-14,23,26-31,35-36,58H,5-10,15-22,46,49H2,1-4H3,(H2,47,59)(H2,48,60)(H,50,63)(H,51,67)(H,52,68)(H,53,64)(H,54,69)(H,55,65)(H,56,66)(H,61,62)/t23-,26+,27-,28-,29+,30+,31-,35+,36+/m1/s1. The summed E-state index contributed by atoms with van der Waals surface area (Å²) >= 11 is 0. The SMILES string of the molecule is CC[C@@H](C)[C@@H]1NC(=O)[C@@H](Cc2ccc(O)cc2)NC(=O)[C@H](N)C(C)(C)SSC[C@@H](C(=O)N2CCC[C@@H]2C(=O)N[C@@H](CCCCN)C(=O)NCC(N)=O)NC(=O)[C@H](CC(N)=O)NC(=O)[C@@H](CCC(=O)O)NC1=O. The van der Waals surface area contributed by atoms with Gasteiger partial charge in [0.25, 0.3) is 0 Å². The summed E-state index contributed by atoms with van der Waals surface area (Å²) in [5.41, 5.74) is 23.4. The number of hydrogen-bond acceptors (Lipinski definition) is 16. The monoisotopic (exact) mass is 1050 g/mol. The number of rotatable bonds is 19. The van der Waals surface area contributed by atoms with Gasteiger partial charge in [0.1, 0.15) is 48.0 Å². The van der Waals surface area contributed by atoms with E-state index in [2.05, 4.69) is 37.2 Å². The maximum Gasteiger partial charge on any atom is 0.303 e. The number of nitrogens with zero attached hydrogens (tertiary/aromatic N) is 1. The van der Waals surface area contributed by atoms with Crippen molar-refractivity contribution in [3.05, 3.63) is 29.8 Å². The molecule has 2 heterocycles. The maximum absolute atomic E-state index is 14.7. The highest BCUT2D eigenvalue weighted by atomic mass is 33.1. The number of phenols is 1. The summed E-state index contributed by atoms with van der Waals surface area (Å²) in [7, 11) is 2.05. The highest BCUT2D eigenvalue weighted by Gasteiger charge is 2.42. The van der Waals surface area contributed by atoms with Gasteiger partial charge in [0, 0.05) is 29.9 Å². The zero-order valence-corrected chi connectivity index (χ0v) is 42.5. The Morgan fingerprint density at radius 1 is 0.861 bits per heavy atom. The van der Waals surface area contributed by atoms with Crippen molar-refractivity contribution in [2.75, 3.05) is 25.4 Å². The van der Waals surface area contributed by atoms with Crippen LogP contribution in [0.15, 0.2) is 24.3 Å². The number of phenolic OH excluding ortho intramolecular Hbond substituents is 1. The van der Waals surface area contributed by atoms with Crippen LogP contribution in [-0.2, 0) is 59.2 Å². The number of carboxylic acid groups (broad SMARTS) is 1. The molecule has 10 amide bonds. The minimum Gasteiger partial charge on any atom is -0.508 e. The number of unbranched alkanes of at least 4 members (excludes halogenated alkanes) is 1. The number of aliphatic carboxylic acids is 1. The summed E-state index contributed by atoms with van der Waals surface area (Å²) in [6.07, 6.45) is -0.312. The average molecular weight is 1050 g/mol. The highest BCUT2D eigenvalue weighted by molar-refractivity contribution is 8.77. The summed E-state index contributed by atoms with van der Waals surface area (Å²) in [5.74, 6) is -11.2. The lowest BCUT2D eigenvalue weighted by molar-refractivity contribution is -0.142. The number of benzene rings is 1. The van der Waals surface area contributed by atoms with Crippen LogP contribution in [0, 0.1) is 5.92 Å². The zero-order valence-electron chi connectivity index (χ0n) is 40.9. The lowest BCUT2D eigenvalue weighted by Crippen LogP contribution is -2.62. The van der Waals surface area contributed by atoms with Crippen molar-refractivity contribution in [1.29, 1.82) is 0 Å². The lowest BCUT2D eigenvalue weighted by atomic mass is 9.96. The van der Waals surface area contributed by atoms with E-state index in [1.807, 2.05) is 0 Å². The predicted molar refractivity (Wildman–Crippen MR) is 265 cm³/mol. The second kappa shape index (κ2) is 28.7. The van der Waals surface area contributed by atoms with Crippen molar-refractivity contribution in [2.24, 2.45) is 28.9 Å². The molecule has 400 valence electrons. The van der Waals surface area contributed by atoms with E-state index < -0.39 is 150 Å². The van der Waals surface area contributed by atoms with Gasteiger partial charge in [-0.2, -0.15) is 0 Å². The van der Waals surface area contributed by atoms with Gasteiger partial charge in [-0.25, -0.2) is 0 Å². The van der Waals surface area contributed by atoms with Crippen molar-refractivity contribution in [3.63, 3.8) is 0 Å². The van der Waals surface area contributed by atoms with Crippen LogP contribution in [0.5, 0.6) is 5.75 Å². The third kappa shape index (κ3) is 18.8. The van der Waals surface area contributed by atoms with E-state index >= 15 is 0 Å². The van der Waals surface area contributed by atoms with Gasteiger partial charge in [0.2, 0.25) is 59.1 Å². The summed E-state index contributed by atoms with van der Waals surface area (Å²) < 4.78 is -1.18. The van der Waals surface area contributed by atoms with Crippen LogP contribution < -0.4 is 60.2 Å². The molecule has 3 rings (SSSR count). The van der Waals surface area contributed by atoms with Crippen LogP contribution in [0.4, 0.5) is 0 Å². The third-order valence-corrected chi connectivity index (χ3v) is 15.5. The molecule has 9 atom stereocenters. The Kier molecular flexibility index (Phi) is 24.0. The Morgan fingerprint density at radius 3 is 2.10 bits per heavy atom. The van der Waals surface area contributed by atoms with Gasteiger partial charge in [0.15, 0.2) is 0 Å². The van der Waals surface area contributed by atoms with Gasteiger partial charge < -0.3 is 75.3 Å². The van der Waals surface area contributed by atoms with Gasteiger partial charge in [-0.1, -0.05) is 54.0 Å². The molecular formula is C45H70N12O13S2. The van der Waals surface area contributed by atoms with Gasteiger partial charge in [0.05, 0.1) is 19.0 Å². The first-order valence-corrected chi connectivity index (χ1v) is 25.9. The van der Waals surface area contributed by atoms with Gasteiger partial charge in [-0.3, -0.25) is 52.7 Å². The molecule has 2 aliphatic heterocycles. The molecule has 72 heavy (non-hydrogen) atoms. The van der Waals surface area contributed by atoms with Crippen LogP contribution >= 0.6 is 21.6 Å². The Hall–Kier alpha value is -6.19. The second-order valence-corrected chi connectivity index (χ2v) is 21.3. The summed E-state index contributed by atoms with van der Waals surface area (Å²) in [4.78, 5) is 149. The third-order valence-electron chi connectivity index (χ3n) is 12.1. The van der Waals surface area contributed by atoms with Crippen molar-refractivity contribution >= 4 is 86.6 Å². The molecule has 25 nitrogen and oxygen atoms in total. The number of carboxylic acids is 1. The molecule has 2 saturated heterocycles. The molecule has 2 fully saturated rings. The molecule has 0 spiro atoms. The molecule has 0 unspecified atom stereocenters. The van der Waals surface area contributed by atoms with Gasteiger partial charge in [-0.15, -0.1) is 0 Å². The van der Waals surface area contributed by atoms with Crippen molar-refractivity contribution in [1.82, 2.24) is 42.1 Å². The van der Waals surface area contributed by atoms with Crippen molar-refractivity contribution in [3.8, 4) is 5.75 Å². The number of nitrogens with two attached hydrogens (primary N) is 4. The normalized spacial score (nSPS) is 24.4. The van der Waals surface area contributed by atoms with Crippen LogP contribution in [0.2, 0.25) is 0 Å². The quantitative estimate of drug-likeness (QED) is 0.0481. The average Bonchev–Trinajstić information content (AvgIpc) is 3.82. The molecule has 1 aromatic rings. The van der Waals surface area contributed by atoms with Crippen molar-refractivity contribution in [2.45, 2.75) is 145 Å². The number of carbonyl (C=O) groups excluding carboxylic acids is 10. The van der Waals surface area contributed by atoms with Gasteiger partial charge in [-0.05, 0) is 82.5 Å². The fourth-order valence-corrected chi connectivity index (χ4v) is 10.5. The van der Waals surface area contributed by atoms with Crippen LogP contribution in [-0.4, -0.2) is 159 Å². The van der Waals surface area contributed by atoms with E-state index in [-0.39, 0.29) is 37.3 Å². The summed E-state index contributed by atoms with van der Waals surface area (Å²) in [5, 5.41) is 37.3. The molecule has 0 saturated carbocycles. The Balaban J connectivity index is 2.11. The fraction of sp³-hybridized carbons (Fsp3) is 0.622. The molecule has 27 heteroatoms. The first-order chi connectivity index (χ1) is 33.9. The second-order valence-electron chi connectivity index (χ2n) is 18.3. The van der Waals surface area contributed by atoms with E-state index in [1.54, 1.807) is 27.7 Å². The summed E-state index contributed by atoms with van der Waals surface area (Å²) in [6.45, 7) is 6.44. The largest absolute Gasteiger partial charge is 0.508 e. The fourth-order valence-electron chi connectivity index (χ4n) is 7.67. The van der Waals surface area contributed by atoms with E-state index in [0.717, 1.165) is 21.6 Å². The smallest absolute Gasteiger partial charge is 0.303 e. The molecule has 2 aliphatic rings. The number of primary amides is 2. The first-order valence-electron chi connectivity index (χ1n) is 23.6.